The lowest BCUT2D eigenvalue weighted by Gasteiger charge is -2.14. The second-order valence-corrected chi connectivity index (χ2v) is 7.18. The van der Waals surface area contributed by atoms with Crippen molar-refractivity contribution < 1.29 is 14.3 Å². The van der Waals surface area contributed by atoms with Gasteiger partial charge in [-0.3, -0.25) is 9.59 Å². The summed E-state index contributed by atoms with van der Waals surface area (Å²) in [5.74, 6) is -2.17. The summed E-state index contributed by atoms with van der Waals surface area (Å²) < 4.78 is 5.19. The number of carbonyl (C=O) groups is 2. The number of aromatic nitrogens is 2. The first-order valence-electron chi connectivity index (χ1n) is 9.91. The normalized spacial score (nSPS) is 11.7. The van der Waals surface area contributed by atoms with Crippen molar-refractivity contribution in [3.8, 4) is 11.3 Å². The van der Waals surface area contributed by atoms with E-state index >= 15 is 0 Å². The van der Waals surface area contributed by atoms with E-state index in [1.807, 2.05) is 6.07 Å². The van der Waals surface area contributed by atoms with Crippen molar-refractivity contribution in [2.45, 2.75) is 12.8 Å². The maximum atomic E-state index is 13.0. The summed E-state index contributed by atoms with van der Waals surface area (Å²) in [6, 6.07) is 20.6. The summed E-state index contributed by atoms with van der Waals surface area (Å²) in [5, 5.41) is 0.533. The van der Waals surface area contributed by atoms with E-state index in [-0.39, 0.29) is 16.8 Å². The van der Waals surface area contributed by atoms with Crippen LogP contribution in [0.15, 0.2) is 83.8 Å². The van der Waals surface area contributed by atoms with Gasteiger partial charge in [-0.2, -0.15) is 0 Å². The van der Waals surface area contributed by atoms with Crippen LogP contribution in [0.25, 0.3) is 22.2 Å². The van der Waals surface area contributed by atoms with Gasteiger partial charge in [-0.25, -0.2) is 14.8 Å². The smallest absolute Gasteiger partial charge is 0.346 e. The van der Waals surface area contributed by atoms with E-state index < -0.39 is 23.4 Å². The summed E-state index contributed by atoms with van der Waals surface area (Å²) in [6.07, 6.45) is 1.07. The van der Waals surface area contributed by atoms with E-state index in [1.165, 1.54) is 6.07 Å². The Bertz CT molecular complexity index is 1390. The SMILES string of the molecule is CC(C(=O)OC(=O)c1cccc(N)c1-c1ncc(=O)nc2ccccc12)c1ccccc1. The van der Waals surface area contributed by atoms with E-state index in [0.717, 1.165) is 11.8 Å². The summed E-state index contributed by atoms with van der Waals surface area (Å²) >= 11 is 0. The molecule has 7 nitrogen and oxygen atoms in total. The average molecular weight is 425 g/mol. The van der Waals surface area contributed by atoms with Crippen molar-refractivity contribution in [2.24, 2.45) is 0 Å². The van der Waals surface area contributed by atoms with Gasteiger partial charge in [-0.05, 0) is 30.7 Å². The largest absolute Gasteiger partial charge is 0.398 e. The number of nitrogens with zero attached hydrogens (tertiary/aromatic N) is 2. The highest BCUT2D eigenvalue weighted by Crippen LogP contribution is 2.33. The maximum absolute atomic E-state index is 13.0. The number of hydrogen-bond donors (Lipinski definition) is 1. The number of para-hydroxylation sites is 1. The van der Waals surface area contributed by atoms with Gasteiger partial charge in [0.05, 0.1) is 28.9 Å². The molecule has 3 aromatic carbocycles. The number of nitrogens with two attached hydrogens (primary N) is 1. The predicted molar refractivity (Wildman–Crippen MR) is 121 cm³/mol. The third-order valence-corrected chi connectivity index (χ3v) is 5.09. The van der Waals surface area contributed by atoms with Crippen molar-refractivity contribution in [3.63, 3.8) is 0 Å². The highest BCUT2D eigenvalue weighted by Gasteiger charge is 2.25. The predicted octanol–water partition coefficient (Wildman–Crippen LogP) is 3.73. The Labute approximate surface area is 183 Å². The van der Waals surface area contributed by atoms with Crippen molar-refractivity contribution in [2.75, 3.05) is 5.73 Å². The van der Waals surface area contributed by atoms with Gasteiger partial charge in [0.25, 0.3) is 5.56 Å². The fraction of sp³-hybridized carbons (Fsp3) is 0.0800. The van der Waals surface area contributed by atoms with Crippen LogP contribution in [0.3, 0.4) is 0 Å². The van der Waals surface area contributed by atoms with Crippen molar-refractivity contribution in [1.29, 1.82) is 0 Å². The molecule has 4 rings (SSSR count). The summed E-state index contributed by atoms with van der Waals surface area (Å²) in [6.45, 7) is 1.67. The number of ether oxygens (including phenoxy) is 1. The van der Waals surface area contributed by atoms with Crippen LogP contribution < -0.4 is 11.3 Å². The number of anilines is 1. The number of rotatable bonds is 4. The number of esters is 2. The van der Waals surface area contributed by atoms with Crippen molar-refractivity contribution >= 4 is 28.5 Å². The van der Waals surface area contributed by atoms with Crippen molar-refractivity contribution in [3.05, 3.63) is 100 Å². The Kier molecular flexibility index (Phi) is 5.72. The molecule has 0 fully saturated rings. The lowest BCUT2D eigenvalue weighted by molar-refractivity contribution is -0.139. The third kappa shape index (κ3) is 4.09. The number of carbonyl (C=O) groups excluding carboxylic acids is 2. The van der Waals surface area contributed by atoms with E-state index in [9.17, 15) is 14.4 Å². The van der Waals surface area contributed by atoms with Gasteiger partial charge in [0, 0.05) is 16.6 Å². The zero-order valence-electron chi connectivity index (χ0n) is 17.2. The molecule has 0 saturated carbocycles. The minimum atomic E-state index is -0.854. The monoisotopic (exact) mass is 425 g/mol. The van der Waals surface area contributed by atoms with Crippen LogP contribution in [0, 0.1) is 0 Å². The van der Waals surface area contributed by atoms with E-state index in [0.29, 0.717) is 16.6 Å². The standard InChI is InChI=1S/C25H19N3O4/c1-15(16-8-3-2-4-9-16)24(30)32-25(31)18-11-7-12-19(26)22(18)23-17-10-5-6-13-20(17)28-21(29)14-27-23/h2-15H,26H2,1H3. The molecule has 2 N–H and O–H groups in total. The minimum absolute atomic E-state index is 0.0647. The molecule has 0 radical (unpaired) electrons. The molecule has 0 aliphatic rings. The minimum Gasteiger partial charge on any atom is -0.398 e. The van der Waals surface area contributed by atoms with Gasteiger partial charge in [-0.1, -0.05) is 54.6 Å². The number of hydrogen-bond acceptors (Lipinski definition) is 7. The molecule has 0 aliphatic heterocycles. The molecule has 1 aromatic heterocycles. The lowest BCUT2D eigenvalue weighted by atomic mass is 9.99. The highest BCUT2D eigenvalue weighted by atomic mass is 16.6. The Balaban J connectivity index is 1.78. The van der Waals surface area contributed by atoms with E-state index in [4.69, 9.17) is 10.5 Å². The van der Waals surface area contributed by atoms with E-state index in [1.54, 1.807) is 67.6 Å². The summed E-state index contributed by atoms with van der Waals surface area (Å²) in [5.41, 5.74) is 7.70. The molecular formula is C25H19N3O4. The van der Waals surface area contributed by atoms with Crippen LogP contribution >= 0.6 is 0 Å². The van der Waals surface area contributed by atoms with Crippen LogP contribution in [0.2, 0.25) is 0 Å². The zero-order chi connectivity index (χ0) is 22.7. The second-order valence-electron chi connectivity index (χ2n) is 7.18. The highest BCUT2D eigenvalue weighted by molar-refractivity contribution is 6.08. The molecule has 7 heteroatoms. The first-order chi connectivity index (χ1) is 15.5. The Morgan fingerprint density at radius 1 is 0.938 bits per heavy atom. The molecule has 0 spiro atoms. The summed E-state index contributed by atoms with van der Waals surface area (Å²) in [4.78, 5) is 45.9. The van der Waals surface area contributed by atoms with Gasteiger partial charge >= 0.3 is 11.9 Å². The molecule has 0 saturated heterocycles. The molecule has 0 aliphatic carbocycles. The molecule has 158 valence electrons. The lowest BCUT2D eigenvalue weighted by Crippen LogP contribution is -2.19. The Morgan fingerprint density at radius 3 is 2.44 bits per heavy atom. The molecule has 0 bridgehead atoms. The van der Waals surface area contributed by atoms with Crippen LogP contribution in [0.4, 0.5) is 5.69 Å². The molecule has 1 unspecified atom stereocenters. The van der Waals surface area contributed by atoms with Crippen molar-refractivity contribution in [1.82, 2.24) is 9.97 Å². The van der Waals surface area contributed by atoms with Crippen LogP contribution in [-0.4, -0.2) is 21.9 Å². The van der Waals surface area contributed by atoms with E-state index in [2.05, 4.69) is 9.97 Å². The van der Waals surface area contributed by atoms with Gasteiger partial charge in [0.2, 0.25) is 0 Å². The fourth-order valence-corrected chi connectivity index (χ4v) is 3.42. The first-order valence-corrected chi connectivity index (χ1v) is 9.91. The van der Waals surface area contributed by atoms with Gasteiger partial charge in [0.15, 0.2) is 0 Å². The van der Waals surface area contributed by atoms with Gasteiger partial charge in [-0.15, -0.1) is 0 Å². The quantitative estimate of drug-likeness (QED) is 0.301. The average Bonchev–Trinajstić information content (AvgIpc) is 2.97. The first kappa shape index (κ1) is 20.9. The second kappa shape index (κ2) is 8.77. The molecule has 4 aromatic rings. The molecular weight excluding hydrogens is 406 g/mol. The van der Waals surface area contributed by atoms with Crippen LogP contribution in [0.5, 0.6) is 0 Å². The summed E-state index contributed by atoms with van der Waals surface area (Å²) in [7, 11) is 0. The topological polar surface area (TPSA) is 112 Å². The Hall–Kier alpha value is -4.39. The van der Waals surface area contributed by atoms with Gasteiger partial charge < -0.3 is 10.5 Å². The molecule has 0 amide bonds. The Morgan fingerprint density at radius 2 is 1.66 bits per heavy atom. The number of fused-ring (bicyclic) bond motifs is 1. The third-order valence-electron chi connectivity index (χ3n) is 5.09. The number of benzene rings is 3. The van der Waals surface area contributed by atoms with Gasteiger partial charge in [0.1, 0.15) is 0 Å². The molecule has 1 heterocycles. The molecule has 32 heavy (non-hydrogen) atoms. The van der Waals surface area contributed by atoms with Crippen LogP contribution in [0.1, 0.15) is 28.8 Å². The van der Waals surface area contributed by atoms with Crippen LogP contribution in [-0.2, 0) is 9.53 Å². The maximum Gasteiger partial charge on any atom is 0.346 e. The fourth-order valence-electron chi connectivity index (χ4n) is 3.42. The number of nitrogen functional groups attached to an aromatic ring is 1. The molecule has 1 atom stereocenters. The zero-order valence-corrected chi connectivity index (χ0v) is 17.2.